The SMILES string of the molecule is c1ccc2c(c1)CC2CNC1CCCc2sccc21. The van der Waals surface area contributed by atoms with Crippen LogP contribution < -0.4 is 5.32 Å². The molecule has 1 heterocycles. The Morgan fingerprint density at radius 2 is 2.11 bits per heavy atom. The molecule has 98 valence electrons. The Hall–Kier alpha value is -1.12. The Morgan fingerprint density at radius 1 is 1.16 bits per heavy atom. The summed E-state index contributed by atoms with van der Waals surface area (Å²) >= 11 is 1.93. The highest BCUT2D eigenvalue weighted by atomic mass is 32.1. The third-order valence-electron chi connectivity index (χ3n) is 4.62. The van der Waals surface area contributed by atoms with Gasteiger partial charge in [0.25, 0.3) is 0 Å². The molecule has 2 aliphatic carbocycles. The first-order chi connectivity index (χ1) is 9.42. The van der Waals surface area contributed by atoms with Crippen LogP contribution in [0.3, 0.4) is 0 Å². The lowest BCUT2D eigenvalue weighted by atomic mass is 9.77. The Labute approximate surface area is 118 Å². The van der Waals surface area contributed by atoms with Gasteiger partial charge in [0, 0.05) is 23.4 Å². The molecule has 1 aromatic heterocycles. The number of hydrogen-bond donors (Lipinski definition) is 1. The highest BCUT2D eigenvalue weighted by Gasteiger charge is 2.27. The number of fused-ring (bicyclic) bond motifs is 2. The predicted molar refractivity (Wildman–Crippen MR) is 80.9 cm³/mol. The Balaban J connectivity index is 1.43. The van der Waals surface area contributed by atoms with Gasteiger partial charge in [0.1, 0.15) is 0 Å². The van der Waals surface area contributed by atoms with Crippen LogP contribution in [0.15, 0.2) is 35.7 Å². The van der Waals surface area contributed by atoms with Crippen molar-refractivity contribution in [3.63, 3.8) is 0 Å². The molecule has 0 aliphatic heterocycles. The fraction of sp³-hybridized carbons (Fsp3) is 0.412. The maximum Gasteiger partial charge on any atom is 0.0331 e. The first kappa shape index (κ1) is 11.7. The third-order valence-corrected chi connectivity index (χ3v) is 5.62. The highest BCUT2D eigenvalue weighted by Crippen LogP contribution is 2.37. The summed E-state index contributed by atoms with van der Waals surface area (Å²) in [6, 6.07) is 11.8. The van der Waals surface area contributed by atoms with E-state index in [4.69, 9.17) is 0 Å². The fourth-order valence-corrected chi connectivity index (χ4v) is 4.52. The molecule has 2 unspecified atom stereocenters. The normalized spacial score (nSPS) is 24.4. The number of benzene rings is 1. The molecule has 2 heteroatoms. The molecule has 2 aromatic rings. The first-order valence-corrected chi connectivity index (χ1v) is 8.17. The molecule has 1 nitrogen and oxygen atoms in total. The van der Waals surface area contributed by atoms with Gasteiger partial charge in [0.15, 0.2) is 0 Å². The van der Waals surface area contributed by atoms with E-state index in [1.165, 1.54) is 25.7 Å². The van der Waals surface area contributed by atoms with E-state index in [9.17, 15) is 0 Å². The third kappa shape index (κ3) is 2.03. The summed E-state index contributed by atoms with van der Waals surface area (Å²) in [5, 5.41) is 6.07. The van der Waals surface area contributed by atoms with Crippen LogP contribution in [0, 0.1) is 0 Å². The molecular weight excluding hydrogens is 250 g/mol. The van der Waals surface area contributed by atoms with Crippen LogP contribution in [-0.2, 0) is 12.8 Å². The monoisotopic (exact) mass is 269 g/mol. The molecule has 0 radical (unpaired) electrons. The number of rotatable bonds is 3. The molecule has 1 N–H and O–H groups in total. The summed E-state index contributed by atoms with van der Waals surface area (Å²) in [5.74, 6) is 0.736. The van der Waals surface area contributed by atoms with E-state index in [1.807, 2.05) is 11.3 Å². The van der Waals surface area contributed by atoms with Gasteiger partial charge >= 0.3 is 0 Å². The van der Waals surface area contributed by atoms with Gasteiger partial charge in [-0.2, -0.15) is 0 Å². The van der Waals surface area contributed by atoms with Crippen LogP contribution in [0.2, 0.25) is 0 Å². The van der Waals surface area contributed by atoms with Crippen molar-refractivity contribution in [2.24, 2.45) is 0 Å². The van der Waals surface area contributed by atoms with Gasteiger partial charge in [0.05, 0.1) is 0 Å². The van der Waals surface area contributed by atoms with Crippen molar-refractivity contribution in [1.82, 2.24) is 5.32 Å². The maximum absolute atomic E-state index is 3.81. The van der Waals surface area contributed by atoms with E-state index in [0.29, 0.717) is 6.04 Å². The number of thiophene rings is 1. The van der Waals surface area contributed by atoms with E-state index in [0.717, 1.165) is 12.5 Å². The zero-order valence-corrected chi connectivity index (χ0v) is 11.9. The van der Waals surface area contributed by atoms with Crippen LogP contribution in [0.4, 0.5) is 0 Å². The molecule has 0 saturated heterocycles. The van der Waals surface area contributed by atoms with Crippen molar-refractivity contribution < 1.29 is 0 Å². The van der Waals surface area contributed by atoms with E-state index in [2.05, 4.69) is 41.0 Å². The van der Waals surface area contributed by atoms with Crippen molar-refractivity contribution in [3.05, 3.63) is 57.3 Å². The fourth-order valence-electron chi connectivity index (χ4n) is 3.53. The van der Waals surface area contributed by atoms with Gasteiger partial charge in [-0.15, -0.1) is 11.3 Å². The molecule has 0 amide bonds. The topological polar surface area (TPSA) is 12.0 Å². The Bertz CT molecular complexity index is 586. The first-order valence-electron chi connectivity index (χ1n) is 7.29. The van der Waals surface area contributed by atoms with Crippen molar-refractivity contribution >= 4 is 11.3 Å². The summed E-state index contributed by atoms with van der Waals surface area (Å²) in [5.41, 5.74) is 4.69. The molecule has 19 heavy (non-hydrogen) atoms. The average Bonchev–Trinajstić information content (AvgIpc) is 2.89. The zero-order valence-electron chi connectivity index (χ0n) is 11.1. The largest absolute Gasteiger partial charge is 0.309 e. The minimum absolute atomic E-state index is 0.600. The van der Waals surface area contributed by atoms with Crippen molar-refractivity contribution in [2.75, 3.05) is 6.54 Å². The maximum atomic E-state index is 3.81. The smallest absolute Gasteiger partial charge is 0.0331 e. The van der Waals surface area contributed by atoms with E-state index < -0.39 is 0 Å². The molecule has 0 bridgehead atoms. The Kier molecular flexibility index (Phi) is 2.93. The molecule has 1 aromatic carbocycles. The predicted octanol–water partition coefficient (Wildman–Crippen LogP) is 4.06. The second-order valence-corrected chi connectivity index (χ2v) is 6.75. The van der Waals surface area contributed by atoms with E-state index >= 15 is 0 Å². The molecule has 4 rings (SSSR count). The van der Waals surface area contributed by atoms with Gasteiger partial charge in [-0.25, -0.2) is 0 Å². The number of aryl methyl sites for hydroxylation is 1. The van der Waals surface area contributed by atoms with Crippen LogP contribution in [0.5, 0.6) is 0 Å². The lowest BCUT2D eigenvalue weighted by Gasteiger charge is -2.33. The summed E-state index contributed by atoms with van der Waals surface area (Å²) in [4.78, 5) is 1.61. The van der Waals surface area contributed by atoms with Gasteiger partial charge in [-0.05, 0) is 53.8 Å². The molecule has 2 atom stereocenters. The Morgan fingerprint density at radius 3 is 3.05 bits per heavy atom. The summed E-state index contributed by atoms with van der Waals surface area (Å²) in [6.07, 6.45) is 5.19. The van der Waals surface area contributed by atoms with Crippen LogP contribution in [-0.4, -0.2) is 6.54 Å². The minimum atomic E-state index is 0.600. The van der Waals surface area contributed by atoms with Gasteiger partial charge in [0.2, 0.25) is 0 Å². The summed E-state index contributed by atoms with van der Waals surface area (Å²) in [6.45, 7) is 1.14. The summed E-state index contributed by atoms with van der Waals surface area (Å²) < 4.78 is 0. The van der Waals surface area contributed by atoms with Crippen LogP contribution in [0.25, 0.3) is 0 Å². The molecule has 0 spiro atoms. The van der Waals surface area contributed by atoms with Crippen LogP contribution in [0.1, 0.15) is 46.4 Å². The molecule has 0 saturated carbocycles. The van der Waals surface area contributed by atoms with Gasteiger partial charge in [-0.3, -0.25) is 0 Å². The molecule has 2 aliphatic rings. The molecule has 0 fully saturated rings. The van der Waals surface area contributed by atoms with Crippen LogP contribution >= 0.6 is 11.3 Å². The van der Waals surface area contributed by atoms with Gasteiger partial charge in [-0.1, -0.05) is 24.3 Å². The number of nitrogens with one attached hydrogen (secondary N) is 1. The van der Waals surface area contributed by atoms with E-state index in [1.54, 1.807) is 21.6 Å². The van der Waals surface area contributed by atoms with Crippen molar-refractivity contribution in [3.8, 4) is 0 Å². The quantitative estimate of drug-likeness (QED) is 0.886. The van der Waals surface area contributed by atoms with Crippen molar-refractivity contribution in [2.45, 2.75) is 37.6 Å². The zero-order chi connectivity index (χ0) is 12.7. The lowest BCUT2D eigenvalue weighted by molar-refractivity contribution is 0.428. The standard InChI is InChI=1S/C17H19NS/c1-2-5-14-12(4-1)10-13(14)11-18-16-6-3-7-17-15(16)8-9-19-17/h1-2,4-5,8-9,13,16,18H,3,6-7,10-11H2. The minimum Gasteiger partial charge on any atom is -0.309 e. The second kappa shape index (κ2) is 4.77. The molecular formula is C17H19NS. The number of hydrogen-bond acceptors (Lipinski definition) is 2. The van der Waals surface area contributed by atoms with E-state index in [-0.39, 0.29) is 0 Å². The lowest BCUT2D eigenvalue weighted by Crippen LogP contribution is -2.32. The van der Waals surface area contributed by atoms with Crippen molar-refractivity contribution in [1.29, 1.82) is 0 Å². The highest BCUT2D eigenvalue weighted by molar-refractivity contribution is 7.10. The second-order valence-electron chi connectivity index (χ2n) is 5.75. The van der Waals surface area contributed by atoms with Gasteiger partial charge < -0.3 is 5.32 Å². The summed E-state index contributed by atoms with van der Waals surface area (Å²) in [7, 11) is 0. The average molecular weight is 269 g/mol.